The average Bonchev–Trinajstić information content (AvgIpc) is 3.04. The van der Waals surface area contributed by atoms with E-state index in [1.54, 1.807) is 0 Å². The molecule has 150 valence electrons. The van der Waals surface area contributed by atoms with E-state index in [2.05, 4.69) is 6.92 Å². The SMILES string of the molecule is CCC12CCC3C4CCC(=O)C=C4[C@H](CO)CC3C1CC[C@H]2CCC(=O)O. The molecular formula is C23H34O4. The minimum atomic E-state index is -0.668. The van der Waals surface area contributed by atoms with Crippen LogP contribution in [0.5, 0.6) is 0 Å². The second-order valence-corrected chi connectivity index (χ2v) is 9.64. The van der Waals surface area contributed by atoms with E-state index < -0.39 is 5.97 Å². The van der Waals surface area contributed by atoms with Gasteiger partial charge in [0, 0.05) is 25.4 Å². The number of carbonyl (C=O) groups is 2. The van der Waals surface area contributed by atoms with Crippen LogP contribution in [-0.2, 0) is 9.59 Å². The molecule has 3 saturated carbocycles. The van der Waals surface area contributed by atoms with Gasteiger partial charge in [-0.15, -0.1) is 0 Å². The summed E-state index contributed by atoms with van der Waals surface area (Å²) in [6.45, 7) is 2.47. The second-order valence-electron chi connectivity index (χ2n) is 9.64. The van der Waals surface area contributed by atoms with Gasteiger partial charge in [-0.25, -0.2) is 0 Å². The maximum absolute atomic E-state index is 12.0. The third-order valence-corrected chi connectivity index (χ3v) is 8.98. The Morgan fingerprint density at radius 2 is 2.04 bits per heavy atom. The molecule has 0 radical (unpaired) electrons. The third kappa shape index (κ3) is 3.08. The van der Waals surface area contributed by atoms with Crippen molar-refractivity contribution < 1.29 is 19.8 Å². The minimum absolute atomic E-state index is 0.159. The number of rotatable bonds is 5. The number of carboxylic acids is 1. The fourth-order valence-electron chi connectivity index (χ4n) is 7.89. The molecule has 0 heterocycles. The molecule has 4 aliphatic rings. The Morgan fingerprint density at radius 1 is 1.22 bits per heavy atom. The molecule has 0 aliphatic heterocycles. The van der Waals surface area contributed by atoms with Crippen LogP contribution < -0.4 is 0 Å². The summed E-state index contributed by atoms with van der Waals surface area (Å²) in [5.74, 6) is 2.74. The first-order valence-electron chi connectivity index (χ1n) is 11.1. The maximum atomic E-state index is 12.0. The van der Waals surface area contributed by atoms with E-state index in [-0.39, 0.29) is 18.3 Å². The van der Waals surface area contributed by atoms with Crippen LogP contribution in [0.2, 0.25) is 0 Å². The highest BCUT2D eigenvalue weighted by Gasteiger charge is 2.58. The molecule has 4 nitrogen and oxygen atoms in total. The van der Waals surface area contributed by atoms with E-state index >= 15 is 0 Å². The molecule has 0 aromatic heterocycles. The van der Waals surface area contributed by atoms with E-state index in [0.717, 1.165) is 25.7 Å². The molecule has 0 saturated heterocycles. The first-order valence-corrected chi connectivity index (χ1v) is 11.1. The number of fused-ring (bicyclic) bond motifs is 5. The average molecular weight is 375 g/mol. The van der Waals surface area contributed by atoms with E-state index in [0.29, 0.717) is 47.8 Å². The van der Waals surface area contributed by atoms with Crippen molar-refractivity contribution in [2.24, 2.45) is 40.9 Å². The molecule has 3 fully saturated rings. The summed E-state index contributed by atoms with van der Waals surface area (Å²) in [7, 11) is 0. The number of aliphatic hydroxyl groups excluding tert-OH is 1. The fourth-order valence-corrected chi connectivity index (χ4v) is 7.89. The number of hydrogen-bond donors (Lipinski definition) is 2. The first kappa shape index (κ1) is 19.2. The van der Waals surface area contributed by atoms with Gasteiger partial charge in [0.1, 0.15) is 0 Å². The van der Waals surface area contributed by atoms with Gasteiger partial charge in [0.05, 0.1) is 0 Å². The highest BCUT2D eigenvalue weighted by Crippen LogP contribution is 2.66. The van der Waals surface area contributed by atoms with Gasteiger partial charge in [-0.05, 0) is 92.4 Å². The van der Waals surface area contributed by atoms with Gasteiger partial charge in [0.15, 0.2) is 5.78 Å². The van der Waals surface area contributed by atoms with Crippen LogP contribution in [0.25, 0.3) is 0 Å². The van der Waals surface area contributed by atoms with Gasteiger partial charge >= 0.3 is 5.97 Å². The first-order chi connectivity index (χ1) is 13.0. The Morgan fingerprint density at radius 3 is 2.74 bits per heavy atom. The largest absolute Gasteiger partial charge is 0.481 e. The summed E-state index contributed by atoms with van der Waals surface area (Å²) < 4.78 is 0. The predicted octanol–water partition coefficient (Wildman–Crippen LogP) is 4.22. The smallest absolute Gasteiger partial charge is 0.303 e. The van der Waals surface area contributed by atoms with Crippen LogP contribution in [-0.4, -0.2) is 28.6 Å². The molecule has 5 unspecified atom stereocenters. The molecule has 4 heteroatoms. The molecule has 2 N–H and O–H groups in total. The topological polar surface area (TPSA) is 74.6 Å². The van der Waals surface area contributed by atoms with Crippen LogP contribution in [0.15, 0.2) is 11.6 Å². The molecule has 0 aromatic rings. The summed E-state index contributed by atoms with van der Waals surface area (Å²) >= 11 is 0. The lowest BCUT2D eigenvalue weighted by Crippen LogP contribution is -2.49. The van der Waals surface area contributed by atoms with E-state index in [9.17, 15) is 14.7 Å². The lowest BCUT2D eigenvalue weighted by atomic mass is 9.48. The Kier molecular flexibility index (Phi) is 5.22. The summed E-state index contributed by atoms with van der Waals surface area (Å²) in [4.78, 5) is 23.1. The van der Waals surface area contributed by atoms with E-state index in [1.807, 2.05) is 6.08 Å². The highest BCUT2D eigenvalue weighted by atomic mass is 16.4. The molecule has 0 aromatic carbocycles. The van der Waals surface area contributed by atoms with Gasteiger partial charge in [-0.1, -0.05) is 12.5 Å². The molecule has 0 bridgehead atoms. The van der Waals surface area contributed by atoms with Crippen molar-refractivity contribution in [1.82, 2.24) is 0 Å². The van der Waals surface area contributed by atoms with Gasteiger partial charge < -0.3 is 10.2 Å². The zero-order chi connectivity index (χ0) is 19.2. The van der Waals surface area contributed by atoms with Gasteiger partial charge in [0.2, 0.25) is 0 Å². The Bertz CT molecular complexity index is 638. The van der Waals surface area contributed by atoms with E-state index in [1.165, 1.54) is 31.3 Å². The molecule has 27 heavy (non-hydrogen) atoms. The van der Waals surface area contributed by atoms with Crippen LogP contribution in [0.4, 0.5) is 0 Å². The Balaban J connectivity index is 1.61. The van der Waals surface area contributed by atoms with Gasteiger partial charge in [-0.2, -0.15) is 0 Å². The lowest BCUT2D eigenvalue weighted by molar-refractivity contribution is -0.137. The second kappa shape index (κ2) is 7.35. The zero-order valence-corrected chi connectivity index (χ0v) is 16.5. The number of ketones is 1. The molecule has 4 aliphatic carbocycles. The summed E-state index contributed by atoms with van der Waals surface area (Å²) in [5.41, 5.74) is 1.56. The number of carboxylic acid groups (broad SMARTS) is 1. The molecular weight excluding hydrogens is 340 g/mol. The van der Waals surface area contributed by atoms with Crippen molar-refractivity contribution in [3.05, 3.63) is 11.6 Å². The molecule has 4 rings (SSSR count). The molecule has 0 spiro atoms. The van der Waals surface area contributed by atoms with Gasteiger partial charge in [-0.3, -0.25) is 9.59 Å². The minimum Gasteiger partial charge on any atom is -0.481 e. The van der Waals surface area contributed by atoms with Crippen molar-refractivity contribution in [2.45, 2.75) is 71.1 Å². The van der Waals surface area contributed by atoms with Crippen molar-refractivity contribution in [1.29, 1.82) is 0 Å². The number of aliphatic carboxylic acids is 1. The molecule has 0 amide bonds. The van der Waals surface area contributed by atoms with Crippen molar-refractivity contribution in [3.8, 4) is 0 Å². The van der Waals surface area contributed by atoms with Crippen LogP contribution >= 0.6 is 0 Å². The number of hydrogen-bond acceptors (Lipinski definition) is 3. The third-order valence-electron chi connectivity index (χ3n) is 8.98. The Hall–Kier alpha value is -1.16. The fraction of sp³-hybridized carbons (Fsp3) is 0.826. The number of aliphatic hydroxyl groups is 1. The lowest BCUT2D eigenvalue weighted by Gasteiger charge is -2.56. The van der Waals surface area contributed by atoms with Crippen LogP contribution in [0.3, 0.4) is 0 Å². The van der Waals surface area contributed by atoms with Crippen molar-refractivity contribution in [3.63, 3.8) is 0 Å². The molecule has 7 atom stereocenters. The Labute approximate surface area is 162 Å². The van der Waals surface area contributed by atoms with Crippen LogP contribution in [0, 0.1) is 40.9 Å². The zero-order valence-electron chi connectivity index (χ0n) is 16.5. The summed E-state index contributed by atoms with van der Waals surface area (Å²) in [5, 5.41) is 19.2. The van der Waals surface area contributed by atoms with Crippen molar-refractivity contribution >= 4 is 11.8 Å². The van der Waals surface area contributed by atoms with E-state index in [4.69, 9.17) is 5.11 Å². The number of carbonyl (C=O) groups excluding carboxylic acids is 1. The summed E-state index contributed by atoms with van der Waals surface area (Å²) in [6, 6.07) is 0. The quantitative estimate of drug-likeness (QED) is 0.756. The maximum Gasteiger partial charge on any atom is 0.303 e. The monoisotopic (exact) mass is 374 g/mol. The summed E-state index contributed by atoms with van der Waals surface area (Å²) in [6.07, 6.45) is 11.6. The highest BCUT2D eigenvalue weighted by molar-refractivity contribution is 5.91. The van der Waals surface area contributed by atoms with Crippen molar-refractivity contribution in [2.75, 3.05) is 6.61 Å². The standard InChI is InChI=1S/C23H34O4/c1-2-23-10-9-18-17-6-5-16(25)12-19(17)14(13-24)11-20(18)21(23)7-3-15(23)4-8-22(26)27/h12,14-15,17-18,20-21,24H,2-11,13H2,1H3,(H,26,27)/t14-,15-,17?,18?,20?,21?,23?/m0/s1. The predicted molar refractivity (Wildman–Crippen MR) is 103 cm³/mol. The normalized spacial score (nSPS) is 43.5. The van der Waals surface area contributed by atoms with Gasteiger partial charge in [0.25, 0.3) is 0 Å². The van der Waals surface area contributed by atoms with Crippen LogP contribution in [0.1, 0.15) is 71.1 Å².